The van der Waals surface area contributed by atoms with Crippen molar-refractivity contribution in [1.29, 1.82) is 0 Å². The van der Waals surface area contributed by atoms with Crippen molar-refractivity contribution in [2.75, 3.05) is 20.3 Å². The first-order chi connectivity index (χ1) is 7.92. The zero-order valence-electron chi connectivity index (χ0n) is 9.92. The zero-order valence-corrected chi connectivity index (χ0v) is 9.92. The summed E-state index contributed by atoms with van der Waals surface area (Å²) in [6.07, 6.45) is 5.99. The van der Waals surface area contributed by atoms with Gasteiger partial charge in [-0.3, -0.25) is 0 Å². The first kappa shape index (κ1) is 11.6. The number of aromatic nitrogens is 1. The highest BCUT2D eigenvalue weighted by atomic mass is 16.5. The number of aryl methyl sites for hydroxylation is 1. The van der Waals surface area contributed by atoms with Crippen LogP contribution in [0.15, 0.2) is 4.52 Å². The average Bonchev–Trinajstić information content (AvgIpc) is 2.54. The lowest BCUT2D eigenvalue weighted by Crippen LogP contribution is -2.19. The summed E-state index contributed by atoms with van der Waals surface area (Å²) in [6, 6.07) is 0. The maximum Gasteiger partial charge on any atom is 0.140 e. The van der Waals surface area contributed by atoms with Crippen LogP contribution in [-0.4, -0.2) is 25.4 Å². The van der Waals surface area contributed by atoms with Gasteiger partial charge in [0.15, 0.2) is 0 Å². The summed E-state index contributed by atoms with van der Waals surface area (Å²) in [4.78, 5) is 0. The molecule has 0 spiro atoms. The van der Waals surface area contributed by atoms with E-state index in [1.54, 1.807) is 7.11 Å². The van der Waals surface area contributed by atoms with Gasteiger partial charge in [0.05, 0.1) is 6.61 Å². The van der Waals surface area contributed by atoms with E-state index in [-0.39, 0.29) is 0 Å². The molecule has 0 saturated heterocycles. The molecule has 0 saturated carbocycles. The lowest BCUT2D eigenvalue weighted by atomic mass is 10.1. The van der Waals surface area contributed by atoms with Crippen molar-refractivity contribution in [3.8, 4) is 0 Å². The molecule has 4 heteroatoms. The topological polar surface area (TPSA) is 47.3 Å². The Labute approximate surface area is 96.3 Å². The Kier molecular flexibility index (Phi) is 4.36. The van der Waals surface area contributed by atoms with E-state index in [1.807, 2.05) is 0 Å². The fourth-order valence-electron chi connectivity index (χ4n) is 2.15. The van der Waals surface area contributed by atoms with E-state index >= 15 is 0 Å². The van der Waals surface area contributed by atoms with Crippen molar-refractivity contribution in [2.45, 2.75) is 38.6 Å². The smallest absolute Gasteiger partial charge is 0.140 e. The third kappa shape index (κ3) is 2.83. The van der Waals surface area contributed by atoms with Crippen LogP contribution in [0.4, 0.5) is 0 Å². The molecule has 0 bridgehead atoms. The lowest BCUT2D eigenvalue weighted by molar-refractivity contribution is 0.199. The first-order valence-electron chi connectivity index (χ1n) is 6.07. The lowest BCUT2D eigenvalue weighted by Gasteiger charge is -2.03. The van der Waals surface area contributed by atoms with E-state index in [0.29, 0.717) is 0 Å². The highest BCUT2D eigenvalue weighted by Crippen LogP contribution is 2.23. The van der Waals surface area contributed by atoms with Gasteiger partial charge in [0.2, 0.25) is 0 Å². The molecule has 1 aromatic rings. The van der Waals surface area contributed by atoms with Gasteiger partial charge in [-0.2, -0.15) is 0 Å². The highest BCUT2D eigenvalue weighted by Gasteiger charge is 2.17. The molecule has 0 atom stereocenters. The Bertz CT molecular complexity index is 323. The van der Waals surface area contributed by atoms with Gasteiger partial charge in [-0.15, -0.1) is 0 Å². The van der Waals surface area contributed by atoms with Crippen LogP contribution in [0.25, 0.3) is 0 Å². The Morgan fingerprint density at radius 3 is 3.06 bits per heavy atom. The van der Waals surface area contributed by atoms with Gasteiger partial charge in [-0.05, 0) is 19.3 Å². The van der Waals surface area contributed by atoms with Gasteiger partial charge in [0, 0.05) is 32.2 Å². The summed E-state index contributed by atoms with van der Waals surface area (Å²) in [5.74, 6) is 1.11. The zero-order chi connectivity index (χ0) is 11.2. The summed E-state index contributed by atoms with van der Waals surface area (Å²) in [5, 5.41) is 7.47. The van der Waals surface area contributed by atoms with Crippen LogP contribution in [0.2, 0.25) is 0 Å². The van der Waals surface area contributed by atoms with E-state index in [4.69, 9.17) is 9.26 Å². The second-order valence-corrected chi connectivity index (χ2v) is 4.26. The van der Waals surface area contributed by atoms with Crippen molar-refractivity contribution in [3.05, 3.63) is 17.0 Å². The van der Waals surface area contributed by atoms with Crippen molar-refractivity contribution in [2.24, 2.45) is 0 Å². The van der Waals surface area contributed by atoms with Crippen LogP contribution in [0.1, 0.15) is 36.3 Å². The van der Waals surface area contributed by atoms with Gasteiger partial charge in [-0.25, -0.2) is 0 Å². The Balaban J connectivity index is 1.91. The predicted octanol–water partition coefficient (Wildman–Crippen LogP) is 1.68. The van der Waals surface area contributed by atoms with E-state index in [2.05, 4.69) is 10.5 Å². The number of fused-ring (bicyclic) bond motifs is 1. The molecule has 1 aliphatic rings. The van der Waals surface area contributed by atoms with Gasteiger partial charge in [0.1, 0.15) is 11.5 Å². The quantitative estimate of drug-likeness (QED) is 0.610. The van der Waals surface area contributed by atoms with Crippen molar-refractivity contribution in [3.63, 3.8) is 0 Å². The molecule has 0 fully saturated rings. The van der Waals surface area contributed by atoms with Crippen LogP contribution >= 0.6 is 0 Å². The van der Waals surface area contributed by atoms with E-state index < -0.39 is 0 Å². The molecule has 1 heterocycles. The highest BCUT2D eigenvalue weighted by molar-refractivity contribution is 5.24. The number of methoxy groups -OCH3 is 1. The summed E-state index contributed by atoms with van der Waals surface area (Å²) in [6.45, 7) is 2.39. The Morgan fingerprint density at radius 2 is 2.19 bits per heavy atom. The predicted molar refractivity (Wildman–Crippen MR) is 61.3 cm³/mol. The maximum absolute atomic E-state index is 5.40. The minimum absolute atomic E-state index is 0.736. The Hall–Kier alpha value is -0.870. The molecule has 2 rings (SSSR count). The summed E-state index contributed by atoms with van der Waals surface area (Å²) >= 11 is 0. The van der Waals surface area contributed by atoms with Crippen molar-refractivity contribution < 1.29 is 9.26 Å². The van der Waals surface area contributed by atoms with Gasteiger partial charge in [0.25, 0.3) is 0 Å². The molecule has 0 aromatic carbocycles. The second kappa shape index (κ2) is 6.01. The largest absolute Gasteiger partial charge is 0.383 e. The molecular weight excluding hydrogens is 204 g/mol. The van der Waals surface area contributed by atoms with Crippen LogP contribution in [0.5, 0.6) is 0 Å². The van der Waals surface area contributed by atoms with Crippen LogP contribution in [-0.2, 0) is 24.1 Å². The molecule has 0 aliphatic heterocycles. The van der Waals surface area contributed by atoms with Crippen LogP contribution in [0, 0.1) is 0 Å². The third-order valence-corrected chi connectivity index (χ3v) is 3.06. The van der Waals surface area contributed by atoms with E-state index in [9.17, 15) is 0 Å². The molecule has 0 radical (unpaired) electrons. The Morgan fingerprint density at radius 1 is 1.31 bits per heavy atom. The fourth-order valence-corrected chi connectivity index (χ4v) is 2.15. The minimum Gasteiger partial charge on any atom is -0.383 e. The van der Waals surface area contributed by atoms with Gasteiger partial charge < -0.3 is 14.6 Å². The third-order valence-electron chi connectivity index (χ3n) is 3.06. The monoisotopic (exact) mass is 224 g/mol. The van der Waals surface area contributed by atoms with E-state index in [0.717, 1.165) is 44.0 Å². The number of nitrogens with zero attached hydrogens (tertiary/aromatic N) is 1. The number of hydrogen-bond donors (Lipinski definition) is 1. The average molecular weight is 224 g/mol. The molecule has 1 aromatic heterocycles. The summed E-state index contributed by atoms with van der Waals surface area (Å²) < 4.78 is 10.4. The standard InChI is InChI=1S/C12H20N2O2/c1-15-8-7-13-9-11-10-5-3-2-4-6-12(10)16-14-11/h13H,2-9H2,1H3. The fraction of sp³-hybridized carbons (Fsp3) is 0.750. The maximum atomic E-state index is 5.40. The molecule has 90 valence electrons. The molecule has 1 aliphatic carbocycles. The summed E-state index contributed by atoms with van der Waals surface area (Å²) in [5.41, 5.74) is 2.44. The second-order valence-electron chi connectivity index (χ2n) is 4.26. The molecule has 0 unspecified atom stereocenters. The molecular formula is C12H20N2O2. The number of rotatable bonds is 5. The van der Waals surface area contributed by atoms with Crippen molar-refractivity contribution in [1.82, 2.24) is 10.5 Å². The SMILES string of the molecule is COCCNCc1noc2c1CCCCC2. The molecule has 0 amide bonds. The minimum atomic E-state index is 0.736. The first-order valence-corrected chi connectivity index (χ1v) is 6.07. The number of hydrogen-bond acceptors (Lipinski definition) is 4. The normalized spacial score (nSPS) is 15.8. The summed E-state index contributed by atoms with van der Waals surface area (Å²) in [7, 11) is 1.71. The molecule has 4 nitrogen and oxygen atoms in total. The van der Waals surface area contributed by atoms with Gasteiger partial charge in [-0.1, -0.05) is 11.6 Å². The van der Waals surface area contributed by atoms with E-state index in [1.165, 1.54) is 24.8 Å². The van der Waals surface area contributed by atoms with Crippen molar-refractivity contribution >= 4 is 0 Å². The number of ether oxygens (including phenoxy) is 1. The molecule has 1 N–H and O–H groups in total. The van der Waals surface area contributed by atoms with Crippen LogP contribution < -0.4 is 5.32 Å². The number of nitrogens with one attached hydrogen (secondary N) is 1. The van der Waals surface area contributed by atoms with Gasteiger partial charge >= 0.3 is 0 Å². The van der Waals surface area contributed by atoms with Crippen LogP contribution in [0.3, 0.4) is 0 Å². The molecule has 16 heavy (non-hydrogen) atoms.